The third kappa shape index (κ3) is 5.76. The monoisotopic (exact) mass is 391 g/mol. The van der Waals surface area contributed by atoms with Crippen molar-refractivity contribution in [1.29, 1.82) is 0 Å². The number of carboxylic acids is 1. The van der Waals surface area contributed by atoms with Gasteiger partial charge in [-0.05, 0) is 75.6 Å². The molecular formula is C13H15Br2NO3. The van der Waals surface area contributed by atoms with Crippen LogP contribution in [-0.4, -0.2) is 31.3 Å². The maximum Gasteiger partial charge on any atom is 0.328 e. The molecule has 0 aromatic heterocycles. The first-order chi connectivity index (χ1) is 9.04. The quantitative estimate of drug-likeness (QED) is 0.552. The molecule has 1 aromatic rings. The molecule has 0 atom stereocenters. The Kier molecular flexibility index (Phi) is 7.12. The van der Waals surface area contributed by atoms with Gasteiger partial charge in [0.05, 0.1) is 15.6 Å². The molecule has 0 unspecified atom stereocenters. The van der Waals surface area contributed by atoms with Gasteiger partial charge in [0.25, 0.3) is 0 Å². The lowest BCUT2D eigenvalue weighted by Crippen LogP contribution is -2.11. The van der Waals surface area contributed by atoms with Gasteiger partial charge in [0.2, 0.25) is 0 Å². The lowest BCUT2D eigenvalue weighted by molar-refractivity contribution is -0.131. The molecule has 0 saturated carbocycles. The van der Waals surface area contributed by atoms with Gasteiger partial charge in [0, 0.05) is 6.08 Å². The molecule has 0 bridgehead atoms. The summed E-state index contributed by atoms with van der Waals surface area (Å²) in [5.41, 5.74) is 0.781. The second-order valence-electron chi connectivity index (χ2n) is 3.79. The number of aliphatic carboxylic acids is 1. The van der Waals surface area contributed by atoms with Gasteiger partial charge in [-0.3, -0.25) is 0 Å². The maximum absolute atomic E-state index is 10.5. The molecule has 0 fully saturated rings. The van der Waals surface area contributed by atoms with E-state index in [1.54, 1.807) is 0 Å². The van der Waals surface area contributed by atoms with Crippen LogP contribution in [0.2, 0.25) is 0 Å². The van der Waals surface area contributed by atoms with Crippen LogP contribution < -0.4 is 10.1 Å². The maximum atomic E-state index is 10.5. The van der Waals surface area contributed by atoms with Gasteiger partial charge in [-0.2, -0.15) is 0 Å². The highest BCUT2D eigenvalue weighted by molar-refractivity contribution is 9.11. The SMILES string of the molecule is CNCCCOc1c(Br)cc(/C=C/C(=O)O)cc1Br. The van der Waals surface area contributed by atoms with Crippen LogP contribution in [0.4, 0.5) is 0 Å². The van der Waals surface area contributed by atoms with Crippen molar-refractivity contribution in [3.8, 4) is 5.75 Å². The van der Waals surface area contributed by atoms with Crippen LogP contribution in [0.3, 0.4) is 0 Å². The van der Waals surface area contributed by atoms with Crippen molar-refractivity contribution in [3.05, 3.63) is 32.7 Å². The Hall–Kier alpha value is -0.850. The minimum Gasteiger partial charge on any atom is -0.491 e. The summed E-state index contributed by atoms with van der Waals surface area (Å²) in [6.45, 7) is 1.51. The van der Waals surface area contributed by atoms with Gasteiger partial charge in [-0.25, -0.2) is 4.79 Å². The third-order valence-electron chi connectivity index (χ3n) is 2.26. The first-order valence-electron chi connectivity index (χ1n) is 5.72. The number of ether oxygens (including phenoxy) is 1. The number of hydrogen-bond donors (Lipinski definition) is 2. The fraction of sp³-hybridized carbons (Fsp3) is 0.308. The van der Waals surface area contributed by atoms with E-state index in [2.05, 4.69) is 37.2 Å². The van der Waals surface area contributed by atoms with E-state index < -0.39 is 5.97 Å². The van der Waals surface area contributed by atoms with Crippen molar-refractivity contribution in [2.24, 2.45) is 0 Å². The van der Waals surface area contributed by atoms with Gasteiger partial charge in [-0.1, -0.05) is 0 Å². The Morgan fingerprint density at radius 3 is 2.58 bits per heavy atom. The summed E-state index contributed by atoms with van der Waals surface area (Å²) in [6.07, 6.45) is 3.54. The summed E-state index contributed by atoms with van der Waals surface area (Å²) in [6, 6.07) is 3.63. The number of nitrogens with one attached hydrogen (secondary N) is 1. The summed E-state index contributed by atoms with van der Waals surface area (Å²) < 4.78 is 7.25. The fourth-order valence-corrected chi connectivity index (χ4v) is 2.86. The molecule has 4 nitrogen and oxygen atoms in total. The molecule has 1 rings (SSSR count). The largest absolute Gasteiger partial charge is 0.491 e. The molecule has 2 N–H and O–H groups in total. The molecule has 19 heavy (non-hydrogen) atoms. The molecule has 6 heteroatoms. The van der Waals surface area contributed by atoms with Crippen molar-refractivity contribution >= 4 is 43.9 Å². The lowest BCUT2D eigenvalue weighted by Gasteiger charge is -2.11. The Labute approximate surface area is 129 Å². The minimum absolute atomic E-state index is 0.613. The van der Waals surface area contributed by atoms with E-state index in [1.807, 2.05) is 19.2 Å². The molecular weight excluding hydrogens is 378 g/mol. The first-order valence-corrected chi connectivity index (χ1v) is 7.30. The van der Waals surface area contributed by atoms with E-state index >= 15 is 0 Å². The van der Waals surface area contributed by atoms with Crippen molar-refractivity contribution in [1.82, 2.24) is 5.32 Å². The van der Waals surface area contributed by atoms with Crippen molar-refractivity contribution in [2.75, 3.05) is 20.2 Å². The number of rotatable bonds is 7. The summed E-state index contributed by atoms with van der Waals surface area (Å²) in [5.74, 6) is -0.247. The topological polar surface area (TPSA) is 58.6 Å². The zero-order valence-electron chi connectivity index (χ0n) is 10.5. The van der Waals surface area contributed by atoms with Crippen LogP contribution in [0.15, 0.2) is 27.2 Å². The molecule has 104 valence electrons. The average Bonchev–Trinajstić information content (AvgIpc) is 2.34. The molecule has 0 radical (unpaired) electrons. The second kappa shape index (κ2) is 8.35. The number of hydrogen-bond acceptors (Lipinski definition) is 3. The zero-order valence-corrected chi connectivity index (χ0v) is 13.6. The Morgan fingerprint density at radius 2 is 2.05 bits per heavy atom. The number of halogens is 2. The third-order valence-corrected chi connectivity index (χ3v) is 3.43. The van der Waals surface area contributed by atoms with Gasteiger partial charge >= 0.3 is 5.97 Å². The van der Waals surface area contributed by atoms with Crippen LogP contribution in [0.1, 0.15) is 12.0 Å². The molecule has 0 aliphatic carbocycles. The van der Waals surface area contributed by atoms with Crippen LogP contribution in [-0.2, 0) is 4.79 Å². The van der Waals surface area contributed by atoms with Gasteiger partial charge in [0.1, 0.15) is 5.75 Å². The van der Waals surface area contributed by atoms with Crippen molar-refractivity contribution < 1.29 is 14.6 Å². The summed E-state index contributed by atoms with van der Waals surface area (Å²) in [5, 5.41) is 11.6. The van der Waals surface area contributed by atoms with Crippen LogP contribution in [0, 0.1) is 0 Å². The summed E-state index contributed by atoms with van der Waals surface area (Å²) in [7, 11) is 1.90. The highest BCUT2D eigenvalue weighted by Crippen LogP contribution is 2.35. The molecule has 0 aliphatic rings. The predicted octanol–water partition coefficient (Wildman–Crippen LogP) is 3.30. The summed E-state index contributed by atoms with van der Waals surface area (Å²) in [4.78, 5) is 10.5. The molecule has 0 saturated heterocycles. The van der Waals surface area contributed by atoms with Crippen LogP contribution in [0.25, 0.3) is 6.08 Å². The zero-order chi connectivity index (χ0) is 14.3. The van der Waals surface area contributed by atoms with Crippen LogP contribution >= 0.6 is 31.9 Å². The van der Waals surface area contributed by atoms with Crippen molar-refractivity contribution in [2.45, 2.75) is 6.42 Å². The lowest BCUT2D eigenvalue weighted by atomic mass is 10.2. The molecule has 0 heterocycles. The highest BCUT2D eigenvalue weighted by Gasteiger charge is 2.08. The Morgan fingerprint density at radius 1 is 1.42 bits per heavy atom. The normalized spacial score (nSPS) is 10.9. The van der Waals surface area contributed by atoms with E-state index in [1.165, 1.54) is 6.08 Å². The van der Waals surface area contributed by atoms with E-state index in [9.17, 15) is 4.79 Å². The Balaban J connectivity index is 2.76. The van der Waals surface area contributed by atoms with E-state index in [0.717, 1.165) is 39.3 Å². The van der Waals surface area contributed by atoms with Crippen LogP contribution in [0.5, 0.6) is 5.75 Å². The predicted molar refractivity (Wildman–Crippen MR) is 82.6 cm³/mol. The molecule has 0 spiro atoms. The smallest absolute Gasteiger partial charge is 0.328 e. The van der Waals surface area contributed by atoms with Gasteiger partial charge < -0.3 is 15.2 Å². The first kappa shape index (κ1) is 16.2. The minimum atomic E-state index is -0.973. The average molecular weight is 393 g/mol. The standard InChI is InChI=1S/C13H15Br2NO3/c1-16-5-2-6-19-13-10(14)7-9(8-11(13)15)3-4-12(17)18/h3-4,7-8,16H,2,5-6H2,1H3,(H,17,18)/b4-3+. The molecule has 0 amide bonds. The van der Waals surface area contributed by atoms with Gasteiger partial charge in [0.15, 0.2) is 0 Å². The van der Waals surface area contributed by atoms with Gasteiger partial charge in [-0.15, -0.1) is 0 Å². The van der Waals surface area contributed by atoms with E-state index in [-0.39, 0.29) is 0 Å². The molecule has 0 aliphatic heterocycles. The Bertz CT molecular complexity index is 452. The second-order valence-corrected chi connectivity index (χ2v) is 5.50. The number of carbonyl (C=O) groups is 1. The number of benzene rings is 1. The van der Waals surface area contributed by atoms with E-state index in [0.29, 0.717) is 6.61 Å². The molecule has 1 aromatic carbocycles. The summed E-state index contributed by atoms with van der Waals surface area (Å²) >= 11 is 6.84. The highest BCUT2D eigenvalue weighted by atomic mass is 79.9. The van der Waals surface area contributed by atoms with Crippen molar-refractivity contribution in [3.63, 3.8) is 0 Å². The fourth-order valence-electron chi connectivity index (χ4n) is 1.40. The van der Waals surface area contributed by atoms with E-state index in [4.69, 9.17) is 9.84 Å². The number of carboxylic acid groups (broad SMARTS) is 1.